The summed E-state index contributed by atoms with van der Waals surface area (Å²) in [6.45, 7) is 11.7. The van der Waals surface area contributed by atoms with E-state index in [2.05, 4.69) is 10.5 Å². The first kappa shape index (κ1) is 17.2. The van der Waals surface area contributed by atoms with Gasteiger partial charge in [0.25, 0.3) is 5.91 Å². The zero-order valence-corrected chi connectivity index (χ0v) is 13.7. The second-order valence-electron chi connectivity index (χ2n) is 5.70. The van der Waals surface area contributed by atoms with Gasteiger partial charge in [-0.2, -0.15) is 0 Å². The van der Waals surface area contributed by atoms with E-state index in [9.17, 15) is 9.59 Å². The van der Waals surface area contributed by atoms with E-state index in [1.807, 2.05) is 34.6 Å². The number of carbonyl (C=O) groups excluding carboxylic acids is 2. The number of hydrogen-bond donors (Lipinski definition) is 1. The second-order valence-corrected chi connectivity index (χ2v) is 5.70. The predicted octanol–water partition coefficient (Wildman–Crippen LogP) is 2.09. The lowest BCUT2D eigenvalue weighted by atomic mass is 10.0. The minimum Gasteiger partial charge on any atom is -0.360 e. The minimum absolute atomic E-state index is 0.0374. The van der Waals surface area contributed by atoms with Crippen LogP contribution in [0.2, 0.25) is 0 Å². The summed E-state index contributed by atoms with van der Waals surface area (Å²) >= 11 is 0. The Labute approximate surface area is 125 Å². The SMILES string of the molecule is CCN(CC(=O)NC(C)C)C(=O)c1c(C)noc1C(C)C. The fourth-order valence-electron chi connectivity index (χ4n) is 2.07. The van der Waals surface area contributed by atoms with Crippen molar-refractivity contribution in [2.24, 2.45) is 0 Å². The molecule has 118 valence electrons. The van der Waals surface area contributed by atoms with E-state index in [0.717, 1.165) is 0 Å². The maximum absolute atomic E-state index is 12.7. The van der Waals surface area contributed by atoms with E-state index >= 15 is 0 Å². The highest BCUT2D eigenvalue weighted by Crippen LogP contribution is 2.23. The Kier molecular flexibility index (Phi) is 5.93. The highest BCUT2D eigenvalue weighted by atomic mass is 16.5. The van der Waals surface area contributed by atoms with Crippen LogP contribution in [-0.2, 0) is 4.79 Å². The molecule has 0 fully saturated rings. The average Bonchev–Trinajstić information content (AvgIpc) is 2.76. The summed E-state index contributed by atoms with van der Waals surface area (Å²) in [5.41, 5.74) is 1.04. The van der Waals surface area contributed by atoms with Gasteiger partial charge in [-0.3, -0.25) is 9.59 Å². The van der Waals surface area contributed by atoms with Gasteiger partial charge in [-0.1, -0.05) is 19.0 Å². The Bertz CT molecular complexity index is 506. The Hall–Kier alpha value is -1.85. The number of carbonyl (C=O) groups is 2. The summed E-state index contributed by atoms with van der Waals surface area (Å²) in [4.78, 5) is 26.0. The van der Waals surface area contributed by atoms with Crippen LogP contribution in [0.4, 0.5) is 0 Å². The van der Waals surface area contributed by atoms with Gasteiger partial charge in [-0.05, 0) is 27.7 Å². The van der Waals surface area contributed by atoms with Crippen molar-refractivity contribution in [3.8, 4) is 0 Å². The van der Waals surface area contributed by atoms with Gasteiger partial charge in [0.15, 0.2) is 5.76 Å². The Balaban J connectivity index is 2.94. The molecular weight excluding hydrogens is 270 g/mol. The Morgan fingerprint density at radius 2 is 1.90 bits per heavy atom. The van der Waals surface area contributed by atoms with Crippen molar-refractivity contribution < 1.29 is 14.1 Å². The van der Waals surface area contributed by atoms with Crippen molar-refractivity contribution >= 4 is 11.8 Å². The Morgan fingerprint density at radius 1 is 1.29 bits per heavy atom. The lowest BCUT2D eigenvalue weighted by Gasteiger charge is -2.21. The van der Waals surface area contributed by atoms with E-state index in [1.54, 1.807) is 6.92 Å². The largest absolute Gasteiger partial charge is 0.360 e. The van der Waals surface area contributed by atoms with Gasteiger partial charge in [-0.15, -0.1) is 0 Å². The molecule has 1 heterocycles. The minimum atomic E-state index is -0.209. The normalized spacial score (nSPS) is 11.0. The third-order valence-electron chi connectivity index (χ3n) is 3.08. The van der Waals surface area contributed by atoms with E-state index in [0.29, 0.717) is 23.6 Å². The summed E-state index contributed by atoms with van der Waals surface area (Å²) in [5, 5.41) is 6.67. The fraction of sp³-hybridized carbons (Fsp3) is 0.667. The van der Waals surface area contributed by atoms with Gasteiger partial charge < -0.3 is 14.7 Å². The van der Waals surface area contributed by atoms with Crippen molar-refractivity contribution in [1.82, 2.24) is 15.4 Å². The molecule has 0 aliphatic rings. The van der Waals surface area contributed by atoms with Gasteiger partial charge in [0.1, 0.15) is 5.56 Å². The molecular formula is C15H25N3O3. The zero-order valence-electron chi connectivity index (χ0n) is 13.7. The molecule has 2 amide bonds. The molecule has 0 aliphatic heterocycles. The number of likely N-dealkylation sites (N-methyl/N-ethyl adjacent to an activating group) is 1. The molecule has 1 aromatic heterocycles. The first-order valence-corrected chi connectivity index (χ1v) is 7.32. The highest BCUT2D eigenvalue weighted by molar-refractivity contribution is 5.98. The summed E-state index contributed by atoms with van der Waals surface area (Å²) in [6, 6.07) is 0.0508. The van der Waals surface area contributed by atoms with Crippen LogP contribution in [0.15, 0.2) is 4.52 Å². The molecule has 0 spiro atoms. The molecule has 0 aliphatic carbocycles. The average molecular weight is 295 g/mol. The second kappa shape index (κ2) is 7.24. The van der Waals surface area contributed by atoms with Crippen molar-refractivity contribution in [3.63, 3.8) is 0 Å². The number of aromatic nitrogens is 1. The molecule has 1 aromatic rings. The molecule has 1 rings (SSSR count). The first-order valence-electron chi connectivity index (χ1n) is 7.32. The number of rotatable bonds is 6. The molecule has 0 atom stereocenters. The lowest BCUT2D eigenvalue weighted by Crippen LogP contribution is -2.43. The quantitative estimate of drug-likeness (QED) is 0.872. The predicted molar refractivity (Wildman–Crippen MR) is 80.2 cm³/mol. The van der Waals surface area contributed by atoms with Gasteiger partial charge >= 0.3 is 0 Å². The number of nitrogens with one attached hydrogen (secondary N) is 1. The molecule has 0 saturated carbocycles. The van der Waals surface area contributed by atoms with Crippen LogP contribution in [-0.4, -0.2) is 41.0 Å². The lowest BCUT2D eigenvalue weighted by molar-refractivity contribution is -0.122. The topological polar surface area (TPSA) is 75.4 Å². The maximum Gasteiger partial charge on any atom is 0.259 e. The highest BCUT2D eigenvalue weighted by Gasteiger charge is 2.27. The van der Waals surface area contributed by atoms with Crippen LogP contribution >= 0.6 is 0 Å². The van der Waals surface area contributed by atoms with Crippen molar-refractivity contribution in [1.29, 1.82) is 0 Å². The molecule has 0 unspecified atom stereocenters. The number of nitrogens with zero attached hydrogens (tertiary/aromatic N) is 2. The van der Waals surface area contributed by atoms with Gasteiger partial charge in [-0.25, -0.2) is 0 Å². The van der Waals surface area contributed by atoms with Crippen molar-refractivity contribution in [2.75, 3.05) is 13.1 Å². The van der Waals surface area contributed by atoms with Gasteiger partial charge in [0, 0.05) is 18.5 Å². The molecule has 1 N–H and O–H groups in total. The molecule has 21 heavy (non-hydrogen) atoms. The summed E-state index contributed by atoms with van der Waals surface area (Å²) in [6.07, 6.45) is 0. The standard InChI is InChI=1S/C15H25N3O3/c1-7-18(8-12(19)16-10(4)5)15(20)13-11(6)17-21-14(13)9(2)3/h9-10H,7-8H2,1-6H3,(H,16,19). The number of amides is 2. The van der Waals surface area contributed by atoms with Crippen molar-refractivity contribution in [3.05, 3.63) is 17.0 Å². The van der Waals surface area contributed by atoms with E-state index < -0.39 is 0 Å². The van der Waals surface area contributed by atoms with Crippen LogP contribution in [0.25, 0.3) is 0 Å². The summed E-state index contributed by atoms with van der Waals surface area (Å²) < 4.78 is 5.24. The maximum atomic E-state index is 12.7. The van der Waals surface area contributed by atoms with Crippen LogP contribution in [0.1, 0.15) is 62.3 Å². The number of aryl methyl sites for hydroxylation is 1. The van der Waals surface area contributed by atoms with Crippen LogP contribution in [0.3, 0.4) is 0 Å². The monoisotopic (exact) mass is 295 g/mol. The molecule has 6 nitrogen and oxygen atoms in total. The van der Waals surface area contributed by atoms with E-state index in [-0.39, 0.29) is 30.3 Å². The Morgan fingerprint density at radius 3 is 2.38 bits per heavy atom. The van der Waals surface area contributed by atoms with Gasteiger partial charge in [0.2, 0.25) is 5.91 Å². The third-order valence-corrected chi connectivity index (χ3v) is 3.08. The third kappa shape index (κ3) is 4.31. The fourth-order valence-corrected chi connectivity index (χ4v) is 2.07. The molecule has 0 saturated heterocycles. The van der Waals surface area contributed by atoms with E-state index in [4.69, 9.17) is 4.52 Å². The molecule has 0 radical (unpaired) electrons. The van der Waals surface area contributed by atoms with Crippen LogP contribution in [0, 0.1) is 6.92 Å². The molecule has 6 heteroatoms. The van der Waals surface area contributed by atoms with E-state index in [1.165, 1.54) is 4.90 Å². The van der Waals surface area contributed by atoms with Crippen molar-refractivity contribution in [2.45, 2.75) is 53.5 Å². The zero-order chi connectivity index (χ0) is 16.2. The number of hydrogen-bond acceptors (Lipinski definition) is 4. The summed E-state index contributed by atoms with van der Waals surface area (Å²) in [5.74, 6) is 0.257. The smallest absolute Gasteiger partial charge is 0.259 e. The van der Waals surface area contributed by atoms with Crippen LogP contribution < -0.4 is 5.32 Å². The summed E-state index contributed by atoms with van der Waals surface area (Å²) in [7, 11) is 0. The molecule has 0 aromatic carbocycles. The van der Waals surface area contributed by atoms with Crippen LogP contribution in [0.5, 0.6) is 0 Å². The molecule has 0 bridgehead atoms. The van der Waals surface area contributed by atoms with Gasteiger partial charge in [0.05, 0.1) is 12.2 Å². The first-order chi connectivity index (χ1) is 9.77.